The normalized spacial score (nSPS) is 13.0. The molecule has 8 N–H and O–H groups in total. The van der Waals surface area contributed by atoms with Crippen molar-refractivity contribution >= 4 is 53.7 Å². The highest BCUT2D eigenvalue weighted by Crippen LogP contribution is 2.44. The molecular weight excluding hydrogens is 798 g/mol. The highest BCUT2D eigenvalue weighted by Gasteiger charge is 2.31. The molecule has 2 aromatic carbocycles. The Balaban J connectivity index is 1.49. The number of nitrogens with two attached hydrogens (primary N) is 1. The maximum atomic E-state index is 13.1. The van der Waals surface area contributed by atoms with Crippen LogP contribution < -0.4 is 37.6 Å². The number of esters is 2. The van der Waals surface area contributed by atoms with Crippen LogP contribution in [0.25, 0.3) is 11.1 Å². The number of alkyl carbamates (subject to hydrolysis) is 2. The van der Waals surface area contributed by atoms with Gasteiger partial charge in [-0.05, 0) is 62.8 Å². The van der Waals surface area contributed by atoms with Crippen molar-refractivity contribution < 1.29 is 62.1 Å². The molecule has 3 atom stereocenters. The summed E-state index contributed by atoms with van der Waals surface area (Å²) in [6.07, 6.45) is -1.41. The van der Waals surface area contributed by atoms with Crippen LogP contribution in [-0.4, -0.2) is 117 Å². The van der Waals surface area contributed by atoms with Crippen molar-refractivity contribution in [3.63, 3.8) is 0 Å². The highest BCUT2D eigenvalue weighted by atomic mass is 16.6. The molecule has 330 valence electrons. The summed E-state index contributed by atoms with van der Waals surface area (Å²) in [5.41, 5.74) is 8.09. The lowest BCUT2D eigenvalue weighted by atomic mass is 9.98. The van der Waals surface area contributed by atoms with E-state index in [0.717, 1.165) is 22.3 Å². The van der Waals surface area contributed by atoms with Gasteiger partial charge in [0.1, 0.15) is 36.9 Å². The zero-order valence-electron chi connectivity index (χ0n) is 34.5. The maximum absolute atomic E-state index is 13.1. The van der Waals surface area contributed by atoms with Crippen molar-refractivity contribution in [3.8, 4) is 11.1 Å². The summed E-state index contributed by atoms with van der Waals surface area (Å²) in [6, 6.07) is 11.7. The summed E-state index contributed by atoms with van der Waals surface area (Å²) in [5, 5.41) is 14.2. The topological polar surface area (TPSA) is 289 Å². The summed E-state index contributed by atoms with van der Waals surface area (Å²) in [5.74, 6) is -5.82. The molecule has 0 radical (unpaired) electrons. The second kappa shape index (κ2) is 23.6. The monoisotopic (exact) mass is 851 g/mol. The van der Waals surface area contributed by atoms with E-state index >= 15 is 0 Å². The minimum absolute atomic E-state index is 0.0206. The molecule has 2 aromatic rings. The molecule has 3 rings (SSSR count). The van der Waals surface area contributed by atoms with Gasteiger partial charge in [0.05, 0.1) is 13.1 Å². The van der Waals surface area contributed by atoms with Crippen LogP contribution in [0.3, 0.4) is 0 Å². The lowest BCUT2D eigenvalue weighted by Gasteiger charge is -2.24. The van der Waals surface area contributed by atoms with Crippen molar-refractivity contribution in [2.45, 2.75) is 76.6 Å². The van der Waals surface area contributed by atoms with Gasteiger partial charge in [0.2, 0.25) is 23.6 Å². The fraction of sp³-hybridized carbons (Fsp3) is 0.439. The van der Waals surface area contributed by atoms with E-state index in [2.05, 4.69) is 38.5 Å². The molecule has 7 amide bonds. The van der Waals surface area contributed by atoms with Crippen LogP contribution in [-0.2, 0) is 52.5 Å². The number of carbonyl (C=O) groups is 9. The van der Waals surface area contributed by atoms with Gasteiger partial charge in [0, 0.05) is 18.9 Å². The number of carbonyl (C=O) groups excluding carboxylic acids is 9. The van der Waals surface area contributed by atoms with E-state index in [1.165, 1.54) is 13.0 Å². The van der Waals surface area contributed by atoms with Crippen LogP contribution in [0.4, 0.5) is 9.59 Å². The second-order valence-corrected chi connectivity index (χ2v) is 14.7. The first kappa shape index (κ1) is 48.4. The summed E-state index contributed by atoms with van der Waals surface area (Å²) in [7, 11) is 0. The van der Waals surface area contributed by atoms with Gasteiger partial charge in [-0.15, -0.1) is 0 Å². The van der Waals surface area contributed by atoms with Crippen LogP contribution in [0, 0.1) is 0 Å². The molecule has 0 unspecified atom stereocenters. The van der Waals surface area contributed by atoms with Crippen molar-refractivity contribution in [2.24, 2.45) is 5.73 Å². The third kappa shape index (κ3) is 16.7. The van der Waals surface area contributed by atoms with Gasteiger partial charge >= 0.3 is 24.1 Å². The van der Waals surface area contributed by atoms with E-state index in [-0.39, 0.29) is 38.5 Å². The van der Waals surface area contributed by atoms with E-state index in [9.17, 15) is 43.2 Å². The molecule has 0 fully saturated rings. The number of benzene rings is 2. The Morgan fingerprint density at radius 1 is 0.738 bits per heavy atom. The number of nitrogens with one attached hydrogen (secondary N) is 6. The van der Waals surface area contributed by atoms with Crippen LogP contribution >= 0.6 is 0 Å². The molecule has 0 bridgehead atoms. The summed E-state index contributed by atoms with van der Waals surface area (Å²) in [6.45, 7) is 7.54. The van der Waals surface area contributed by atoms with Gasteiger partial charge < -0.3 is 56.6 Å². The number of fused-ring (bicyclic) bond motifs is 3. The van der Waals surface area contributed by atoms with Crippen LogP contribution in [0.5, 0.6) is 0 Å². The average Bonchev–Trinajstić information content (AvgIpc) is 3.53. The maximum Gasteiger partial charge on any atom is 0.408 e. The standard InChI is InChI=1S/C41H53N7O13/c1-6-19-58-38(55)31(48-39(56)60-22-29-27-13-9-7-11-25(27)26-12-8-10-14-28(26)29)15-16-35(52)59-23-34(51)43-18-17-30(47-40(57)61-41(3,4)5)37(54)46-24(2)36(53)45-21-33(50)44-20-32(42)49/h6-14,24,29-31H,1,15-23H2,2-5H3,(H2,42,49)(H,43,51)(H,44,50)(H,45,53)(H,46,54)(H,47,57)(H,48,56)/t24-,30+,31-/m0/s1. The number of primary amides is 1. The molecule has 1 aliphatic carbocycles. The number of hydrogen-bond donors (Lipinski definition) is 7. The largest absolute Gasteiger partial charge is 0.460 e. The van der Waals surface area contributed by atoms with E-state index < -0.39 is 104 Å². The van der Waals surface area contributed by atoms with Crippen molar-refractivity contribution in [1.82, 2.24) is 31.9 Å². The predicted molar refractivity (Wildman–Crippen MR) is 217 cm³/mol. The summed E-state index contributed by atoms with van der Waals surface area (Å²) in [4.78, 5) is 112. The third-order valence-corrected chi connectivity index (χ3v) is 8.66. The molecule has 0 heterocycles. The number of amides is 7. The Morgan fingerprint density at radius 2 is 1.36 bits per heavy atom. The first-order chi connectivity index (χ1) is 28.9. The summed E-state index contributed by atoms with van der Waals surface area (Å²) < 4.78 is 20.9. The van der Waals surface area contributed by atoms with E-state index in [1.807, 2.05) is 48.5 Å². The Bertz CT molecular complexity index is 1900. The predicted octanol–water partition coefficient (Wildman–Crippen LogP) is 0.568. The minimum Gasteiger partial charge on any atom is -0.460 e. The molecule has 20 heteroatoms. The molecule has 0 spiro atoms. The lowest BCUT2D eigenvalue weighted by Crippen LogP contribution is -2.54. The van der Waals surface area contributed by atoms with Crippen molar-refractivity contribution in [3.05, 3.63) is 72.3 Å². The van der Waals surface area contributed by atoms with Crippen molar-refractivity contribution in [1.29, 1.82) is 0 Å². The van der Waals surface area contributed by atoms with Gasteiger partial charge in [-0.1, -0.05) is 61.2 Å². The summed E-state index contributed by atoms with van der Waals surface area (Å²) >= 11 is 0. The molecule has 0 aromatic heterocycles. The molecule has 0 saturated carbocycles. The average molecular weight is 852 g/mol. The van der Waals surface area contributed by atoms with Crippen LogP contribution in [0.2, 0.25) is 0 Å². The van der Waals surface area contributed by atoms with E-state index in [4.69, 9.17) is 24.7 Å². The fourth-order valence-corrected chi connectivity index (χ4v) is 5.83. The number of hydrogen-bond acceptors (Lipinski definition) is 13. The highest BCUT2D eigenvalue weighted by molar-refractivity contribution is 5.93. The Morgan fingerprint density at radius 3 is 1.97 bits per heavy atom. The SMILES string of the molecule is C=CCOC(=O)[C@H](CCC(=O)OCC(=O)NCC[C@@H](NC(=O)OC(C)(C)C)C(=O)N[C@@H](C)C(=O)NCC(=O)NCC(N)=O)NC(=O)OCC1c2ccccc2-c2ccccc21. The smallest absolute Gasteiger partial charge is 0.408 e. The first-order valence-corrected chi connectivity index (χ1v) is 19.3. The fourth-order valence-electron chi connectivity index (χ4n) is 5.83. The second-order valence-electron chi connectivity index (χ2n) is 14.7. The van der Waals surface area contributed by atoms with E-state index in [0.29, 0.717) is 0 Å². The van der Waals surface area contributed by atoms with Gasteiger partial charge in [-0.3, -0.25) is 28.8 Å². The molecular formula is C41H53N7O13. The Kier molecular flexibility index (Phi) is 18.7. The van der Waals surface area contributed by atoms with Crippen molar-refractivity contribution in [2.75, 3.05) is 39.5 Å². The van der Waals surface area contributed by atoms with Gasteiger partial charge in [-0.25, -0.2) is 14.4 Å². The molecule has 0 saturated heterocycles. The first-order valence-electron chi connectivity index (χ1n) is 19.3. The minimum atomic E-state index is -1.33. The van der Waals surface area contributed by atoms with Crippen LogP contribution in [0.1, 0.15) is 64.0 Å². The van der Waals surface area contributed by atoms with E-state index in [1.54, 1.807) is 20.8 Å². The van der Waals surface area contributed by atoms with Crippen LogP contribution in [0.15, 0.2) is 61.2 Å². The van der Waals surface area contributed by atoms with Gasteiger partial charge in [-0.2, -0.15) is 0 Å². The molecule has 1 aliphatic rings. The molecule has 20 nitrogen and oxygen atoms in total. The lowest BCUT2D eigenvalue weighted by molar-refractivity contribution is -0.149. The Hall–Kier alpha value is -6.99. The molecule has 61 heavy (non-hydrogen) atoms. The zero-order valence-corrected chi connectivity index (χ0v) is 34.5. The zero-order chi connectivity index (χ0) is 45.1. The van der Waals surface area contributed by atoms with Gasteiger partial charge in [0.15, 0.2) is 6.61 Å². The Labute approximate surface area is 352 Å². The molecule has 0 aliphatic heterocycles. The third-order valence-electron chi connectivity index (χ3n) is 8.66. The number of ether oxygens (including phenoxy) is 4. The quantitative estimate of drug-likeness (QED) is 0.0485. The van der Waals surface area contributed by atoms with Gasteiger partial charge in [0.25, 0.3) is 5.91 Å². The number of rotatable bonds is 22.